The summed E-state index contributed by atoms with van der Waals surface area (Å²) in [5, 5.41) is 4.13. The molecule has 1 heterocycles. The van der Waals surface area contributed by atoms with Gasteiger partial charge < -0.3 is 5.32 Å². The monoisotopic (exact) mass is 293 g/mol. The smallest absolute Gasteiger partial charge is 0.236 e. The van der Waals surface area contributed by atoms with E-state index in [0.29, 0.717) is 6.04 Å². The third kappa shape index (κ3) is 3.99. The second-order valence-corrected chi connectivity index (χ2v) is 6.78. The molecule has 2 atom stereocenters. The van der Waals surface area contributed by atoms with Crippen molar-refractivity contribution in [3.8, 4) is 0 Å². The molecular formula is C11H20BrNOS. The molecule has 0 aromatic rings. The molecule has 2 nitrogen and oxygen atoms in total. The highest BCUT2D eigenvalue weighted by atomic mass is 79.9. The number of carbonyl (C=O) groups excluding carboxylic acids is 1. The van der Waals surface area contributed by atoms with Crippen molar-refractivity contribution in [3.63, 3.8) is 0 Å². The first-order chi connectivity index (χ1) is 7.08. The number of halogens is 1. The predicted molar refractivity (Wildman–Crippen MR) is 70.7 cm³/mol. The Hall–Kier alpha value is 0.300. The van der Waals surface area contributed by atoms with Crippen molar-refractivity contribution < 1.29 is 4.79 Å². The molecule has 1 rings (SSSR count). The summed E-state index contributed by atoms with van der Waals surface area (Å²) >= 11 is 5.20. The average Bonchev–Trinajstić information content (AvgIpc) is 2.63. The first kappa shape index (κ1) is 13.4. The second kappa shape index (κ2) is 6.14. The van der Waals surface area contributed by atoms with Crippen molar-refractivity contribution in [1.82, 2.24) is 5.32 Å². The number of rotatable bonds is 5. The number of carbonyl (C=O) groups is 1. The van der Waals surface area contributed by atoms with Gasteiger partial charge in [0, 0.05) is 11.4 Å². The van der Waals surface area contributed by atoms with Crippen LogP contribution in [0.5, 0.6) is 0 Å². The van der Waals surface area contributed by atoms with Gasteiger partial charge in [0.2, 0.25) is 5.91 Å². The summed E-state index contributed by atoms with van der Waals surface area (Å²) in [4.78, 5) is 12.0. The Labute approximate surface area is 105 Å². The van der Waals surface area contributed by atoms with Gasteiger partial charge in [0.05, 0.1) is 4.75 Å². The van der Waals surface area contributed by atoms with E-state index in [1.165, 1.54) is 6.42 Å². The fraction of sp³-hybridized carbons (Fsp3) is 0.909. The minimum Gasteiger partial charge on any atom is -0.352 e. The Kier molecular flexibility index (Phi) is 5.47. The number of amides is 1. The molecule has 0 spiro atoms. The fourth-order valence-electron chi connectivity index (χ4n) is 1.79. The summed E-state index contributed by atoms with van der Waals surface area (Å²) < 4.78 is -0.164. The molecule has 88 valence electrons. The summed E-state index contributed by atoms with van der Waals surface area (Å²) in [6.45, 7) is 4.15. The third-order valence-electron chi connectivity index (χ3n) is 2.85. The van der Waals surface area contributed by atoms with E-state index in [9.17, 15) is 4.79 Å². The molecular weight excluding hydrogens is 274 g/mol. The Bertz CT molecular complexity index is 217. The third-order valence-corrected chi connectivity index (χ3v) is 4.93. The van der Waals surface area contributed by atoms with Gasteiger partial charge in [0.25, 0.3) is 0 Å². The van der Waals surface area contributed by atoms with Crippen molar-refractivity contribution in [3.05, 3.63) is 0 Å². The zero-order chi connectivity index (χ0) is 11.3. The van der Waals surface area contributed by atoms with Crippen LogP contribution in [0.2, 0.25) is 0 Å². The van der Waals surface area contributed by atoms with Crippen LogP contribution < -0.4 is 5.32 Å². The SMILES string of the molecule is CC(CCCBr)NC(=O)C1(C)CCCS1. The molecule has 0 aromatic carbocycles. The van der Waals surface area contributed by atoms with E-state index >= 15 is 0 Å². The Morgan fingerprint density at radius 3 is 2.93 bits per heavy atom. The van der Waals surface area contributed by atoms with E-state index in [-0.39, 0.29) is 10.7 Å². The van der Waals surface area contributed by atoms with Gasteiger partial charge in [-0.2, -0.15) is 0 Å². The van der Waals surface area contributed by atoms with E-state index in [2.05, 4.69) is 35.1 Å². The van der Waals surface area contributed by atoms with Crippen LogP contribution in [-0.4, -0.2) is 27.8 Å². The fourth-order valence-corrected chi connectivity index (χ4v) is 3.33. The van der Waals surface area contributed by atoms with Crippen molar-refractivity contribution in [1.29, 1.82) is 0 Å². The van der Waals surface area contributed by atoms with Gasteiger partial charge in [-0.1, -0.05) is 15.9 Å². The van der Waals surface area contributed by atoms with Crippen LogP contribution in [0.25, 0.3) is 0 Å². The molecule has 1 fully saturated rings. The number of thioether (sulfide) groups is 1. The molecule has 1 aliphatic rings. The van der Waals surface area contributed by atoms with Crippen molar-refractivity contribution in [2.45, 2.75) is 50.3 Å². The lowest BCUT2D eigenvalue weighted by Crippen LogP contribution is -2.44. The lowest BCUT2D eigenvalue weighted by molar-refractivity contribution is -0.123. The topological polar surface area (TPSA) is 29.1 Å². The number of hydrogen-bond acceptors (Lipinski definition) is 2. The van der Waals surface area contributed by atoms with Crippen LogP contribution >= 0.6 is 27.7 Å². The molecule has 4 heteroatoms. The molecule has 2 unspecified atom stereocenters. The van der Waals surface area contributed by atoms with Crippen molar-refractivity contribution in [2.24, 2.45) is 0 Å². The van der Waals surface area contributed by atoms with Gasteiger partial charge in [-0.05, 0) is 45.3 Å². The van der Waals surface area contributed by atoms with Crippen molar-refractivity contribution in [2.75, 3.05) is 11.1 Å². The largest absolute Gasteiger partial charge is 0.352 e. The molecule has 0 saturated carbocycles. The van der Waals surface area contributed by atoms with Gasteiger partial charge in [-0.3, -0.25) is 4.79 Å². The minimum atomic E-state index is -0.164. The maximum absolute atomic E-state index is 12.0. The molecule has 1 amide bonds. The van der Waals surface area contributed by atoms with Gasteiger partial charge >= 0.3 is 0 Å². The minimum absolute atomic E-state index is 0.164. The van der Waals surface area contributed by atoms with E-state index in [1.807, 2.05) is 0 Å². The zero-order valence-corrected chi connectivity index (χ0v) is 11.9. The normalized spacial score (nSPS) is 27.7. The van der Waals surface area contributed by atoms with Crippen LogP contribution in [0.4, 0.5) is 0 Å². The van der Waals surface area contributed by atoms with Crippen LogP contribution in [0.15, 0.2) is 0 Å². The summed E-state index contributed by atoms with van der Waals surface area (Å²) in [5.41, 5.74) is 0. The average molecular weight is 294 g/mol. The molecule has 0 aliphatic carbocycles. The summed E-state index contributed by atoms with van der Waals surface area (Å²) in [7, 11) is 0. The highest BCUT2D eigenvalue weighted by molar-refractivity contribution is 9.09. The lowest BCUT2D eigenvalue weighted by atomic mass is 10.0. The molecule has 0 radical (unpaired) electrons. The molecule has 1 N–H and O–H groups in total. The highest BCUT2D eigenvalue weighted by Crippen LogP contribution is 2.37. The first-order valence-electron chi connectivity index (χ1n) is 5.59. The van der Waals surface area contributed by atoms with E-state index in [4.69, 9.17) is 0 Å². The summed E-state index contributed by atoms with van der Waals surface area (Å²) in [6.07, 6.45) is 4.36. The molecule has 0 bridgehead atoms. The Balaban J connectivity index is 2.34. The number of nitrogens with one attached hydrogen (secondary N) is 1. The van der Waals surface area contributed by atoms with Gasteiger partial charge in [-0.25, -0.2) is 0 Å². The number of alkyl halides is 1. The molecule has 0 aromatic heterocycles. The first-order valence-corrected chi connectivity index (χ1v) is 7.70. The quantitative estimate of drug-likeness (QED) is 0.790. The predicted octanol–water partition coefficient (Wildman–Crippen LogP) is 2.95. The second-order valence-electron chi connectivity index (χ2n) is 4.39. The zero-order valence-electron chi connectivity index (χ0n) is 9.51. The molecule has 1 saturated heterocycles. The number of hydrogen-bond donors (Lipinski definition) is 1. The van der Waals surface area contributed by atoms with Crippen LogP contribution in [0.3, 0.4) is 0 Å². The maximum atomic E-state index is 12.0. The van der Waals surface area contributed by atoms with E-state index in [1.54, 1.807) is 11.8 Å². The standard InChI is InChI=1S/C11H20BrNOS/c1-9(5-3-7-12)13-10(14)11(2)6-4-8-15-11/h9H,3-8H2,1-2H3,(H,13,14). The molecule has 1 aliphatic heterocycles. The highest BCUT2D eigenvalue weighted by Gasteiger charge is 2.37. The Morgan fingerprint density at radius 1 is 1.67 bits per heavy atom. The van der Waals surface area contributed by atoms with E-state index < -0.39 is 0 Å². The van der Waals surface area contributed by atoms with Gasteiger partial charge in [0.15, 0.2) is 0 Å². The van der Waals surface area contributed by atoms with E-state index in [0.717, 1.165) is 30.3 Å². The van der Waals surface area contributed by atoms with Crippen molar-refractivity contribution >= 4 is 33.6 Å². The van der Waals surface area contributed by atoms with Crippen LogP contribution in [-0.2, 0) is 4.79 Å². The van der Waals surface area contributed by atoms with Gasteiger partial charge in [0.1, 0.15) is 0 Å². The lowest BCUT2D eigenvalue weighted by Gasteiger charge is -2.24. The summed E-state index contributed by atoms with van der Waals surface area (Å²) in [5.74, 6) is 1.35. The van der Waals surface area contributed by atoms with Gasteiger partial charge in [-0.15, -0.1) is 11.8 Å². The molecule has 15 heavy (non-hydrogen) atoms. The summed E-state index contributed by atoms with van der Waals surface area (Å²) in [6, 6.07) is 0.299. The Morgan fingerprint density at radius 2 is 2.40 bits per heavy atom. The van der Waals surface area contributed by atoms with Crippen LogP contribution in [0.1, 0.15) is 39.5 Å². The van der Waals surface area contributed by atoms with Crippen LogP contribution in [0, 0.1) is 0 Å². The maximum Gasteiger partial charge on any atom is 0.236 e.